The Labute approximate surface area is 143 Å². The van der Waals surface area contributed by atoms with E-state index in [1.165, 1.54) is 24.3 Å². The molecule has 1 aliphatic rings. The predicted octanol–water partition coefficient (Wildman–Crippen LogP) is 1.66. The van der Waals surface area contributed by atoms with Crippen LogP contribution in [0.25, 0.3) is 0 Å². The lowest BCUT2D eigenvalue weighted by molar-refractivity contribution is 0.0526. The van der Waals surface area contributed by atoms with Gasteiger partial charge in [-0.25, -0.2) is 13.2 Å². The molecule has 1 aromatic carbocycles. The van der Waals surface area contributed by atoms with Crippen LogP contribution in [0.5, 0.6) is 0 Å². The fourth-order valence-corrected chi connectivity index (χ4v) is 4.37. The Morgan fingerprint density at radius 1 is 1.35 bits per heavy atom. The van der Waals surface area contributed by atoms with Gasteiger partial charge in [-0.3, -0.25) is 0 Å². The van der Waals surface area contributed by atoms with Crippen LogP contribution in [0.1, 0.15) is 30.1 Å². The zero-order valence-electron chi connectivity index (χ0n) is 13.3. The van der Waals surface area contributed by atoms with Gasteiger partial charge in [0.15, 0.2) is 0 Å². The fourth-order valence-electron chi connectivity index (χ4n) is 2.68. The summed E-state index contributed by atoms with van der Waals surface area (Å²) in [6.45, 7) is 3.19. The molecule has 0 saturated carbocycles. The number of esters is 1. The van der Waals surface area contributed by atoms with Crippen LogP contribution in [0.15, 0.2) is 29.2 Å². The standard InChI is InChI=1S/C15H22N2O4S.ClH/c1-3-21-15(18)12-6-8-14(9-7-12)22(19,20)17-10-4-5-13(17)11-16-2;/h6-9,13,16H,3-5,10-11H2,1-2H3;1H. The molecule has 1 aromatic rings. The van der Waals surface area contributed by atoms with Crippen LogP contribution in [-0.2, 0) is 14.8 Å². The number of ether oxygens (including phenoxy) is 1. The molecule has 2 rings (SSSR count). The maximum Gasteiger partial charge on any atom is 0.338 e. The first-order valence-electron chi connectivity index (χ1n) is 7.44. The number of halogens is 1. The van der Waals surface area contributed by atoms with Crippen molar-refractivity contribution in [3.8, 4) is 0 Å². The van der Waals surface area contributed by atoms with E-state index in [1.807, 2.05) is 7.05 Å². The molecule has 1 N–H and O–H groups in total. The summed E-state index contributed by atoms with van der Waals surface area (Å²) < 4.78 is 31.9. The molecule has 130 valence electrons. The van der Waals surface area contributed by atoms with Crippen molar-refractivity contribution in [3.05, 3.63) is 29.8 Å². The molecule has 1 saturated heterocycles. The quantitative estimate of drug-likeness (QED) is 0.779. The zero-order chi connectivity index (χ0) is 16.2. The molecule has 1 fully saturated rings. The molecule has 1 unspecified atom stereocenters. The molecule has 8 heteroatoms. The van der Waals surface area contributed by atoms with Crippen LogP contribution in [-0.4, -0.2) is 51.5 Å². The molecule has 6 nitrogen and oxygen atoms in total. The van der Waals surface area contributed by atoms with Gasteiger partial charge in [-0.05, 0) is 51.1 Å². The predicted molar refractivity (Wildman–Crippen MR) is 90.5 cm³/mol. The van der Waals surface area contributed by atoms with Gasteiger partial charge in [0.05, 0.1) is 17.1 Å². The third-order valence-corrected chi connectivity index (χ3v) is 5.70. The monoisotopic (exact) mass is 362 g/mol. The summed E-state index contributed by atoms with van der Waals surface area (Å²) in [6.07, 6.45) is 1.73. The topological polar surface area (TPSA) is 75.7 Å². The van der Waals surface area contributed by atoms with Gasteiger partial charge >= 0.3 is 5.97 Å². The van der Waals surface area contributed by atoms with Crippen molar-refractivity contribution in [1.29, 1.82) is 0 Å². The van der Waals surface area contributed by atoms with Crippen LogP contribution in [0.4, 0.5) is 0 Å². The Morgan fingerprint density at radius 3 is 2.57 bits per heavy atom. The van der Waals surface area contributed by atoms with Crippen molar-refractivity contribution in [2.75, 3.05) is 26.7 Å². The van der Waals surface area contributed by atoms with Gasteiger partial charge in [0.1, 0.15) is 0 Å². The van der Waals surface area contributed by atoms with Crippen LogP contribution >= 0.6 is 12.4 Å². The summed E-state index contributed by atoms with van der Waals surface area (Å²) in [4.78, 5) is 11.8. The van der Waals surface area contributed by atoms with Gasteiger partial charge in [0.2, 0.25) is 10.0 Å². The number of hydrogen-bond acceptors (Lipinski definition) is 5. The number of likely N-dealkylation sites (N-methyl/N-ethyl adjacent to an activating group) is 1. The van der Waals surface area contributed by atoms with Crippen molar-refractivity contribution in [2.24, 2.45) is 0 Å². The highest BCUT2D eigenvalue weighted by Crippen LogP contribution is 2.26. The lowest BCUT2D eigenvalue weighted by atomic mass is 10.2. The zero-order valence-corrected chi connectivity index (χ0v) is 15.0. The molecule has 0 aliphatic carbocycles. The number of nitrogens with zero attached hydrogens (tertiary/aromatic N) is 1. The third kappa shape index (κ3) is 4.44. The van der Waals surface area contributed by atoms with E-state index < -0.39 is 16.0 Å². The molecule has 0 bridgehead atoms. The van der Waals surface area contributed by atoms with Gasteiger partial charge in [-0.2, -0.15) is 4.31 Å². The van der Waals surface area contributed by atoms with E-state index in [4.69, 9.17) is 4.74 Å². The van der Waals surface area contributed by atoms with Gasteiger partial charge in [0.25, 0.3) is 0 Å². The first kappa shape index (κ1) is 19.9. The Bertz CT molecular complexity index is 619. The number of nitrogens with one attached hydrogen (secondary N) is 1. The van der Waals surface area contributed by atoms with E-state index >= 15 is 0 Å². The van der Waals surface area contributed by atoms with E-state index in [2.05, 4.69) is 5.32 Å². The van der Waals surface area contributed by atoms with E-state index in [0.29, 0.717) is 25.3 Å². The molecule has 0 amide bonds. The van der Waals surface area contributed by atoms with E-state index in [1.54, 1.807) is 11.2 Å². The Morgan fingerprint density at radius 2 is 2.00 bits per heavy atom. The minimum atomic E-state index is -3.52. The van der Waals surface area contributed by atoms with Crippen LogP contribution in [0.3, 0.4) is 0 Å². The maximum atomic E-state index is 12.7. The molecular weight excluding hydrogens is 340 g/mol. The molecular formula is C15H23ClN2O4S. The van der Waals surface area contributed by atoms with E-state index in [0.717, 1.165) is 12.8 Å². The first-order chi connectivity index (χ1) is 10.5. The lowest BCUT2D eigenvalue weighted by Crippen LogP contribution is -2.40. The average Bonchev–Trinajstić information content (AvgIpc) is 2.97. The summed E-state index contributed by atoms with van der Waals surface area (Å²) in [5.41, 5.74) is 0.356. The van der Waals surface area contributed by atoms with Gasteiger partial charge in [0, 0.05) is 19.1 Å². The SMILES string of the molecule is CCOC(=O)c1ccc(S(=O)(=O)N2CCCC2CNC)cc1.Cl. The highest BCUT2D eigenvalue weighted by Gasteiger charge is 2.34. The van der Waals surface area contributed by atoms with Crippen molar-refractivity contribution in [1.82, 2.24) is 9.62 Å². The summed E-state index contributed by atoms with van der Waals surface area (Å²) in [6, 6.07) is 5.91. The lowest BCUT2D eigenvalue weighted by Gasteiger charge is -2.23. The molecule has 1 atom stereocenters. The Hall–Kier alpha value is -1.15. The van der Waals surface area contributed by atoms with Gasteiger partial charge < -0.3 is 10.1 Å². The summed E-state index contributed by atoms with van der Waals surface area (Å²) in [7, 11) is -1.71. The number of rotatable bonds is 6. The van der Waals surface area contributed by atoms with E-state index in [-0.39, 0.29) is 23.3 Å². The number of hydrogen-bond donors (Lipinski definition) is 1. The van der Waals surface area contributed by atoms with Gasteiger partial charge in [-0.1, -0.05) is 0 Å². The minimum absolute atomic E-state index is 0. The number of carbonyl (C=O) groups is 1. The smallest absolute Gasteiger partial charge is 0.338 e. The summed E-state index contributed by atoms with van der Waals surface area (Å²) >= 11 is 0. The molecule has 1 heterocycles. The Balaban J connectivity index is 0.00000264. The second kappa shape index (κ2) is 8.63. The molecule has 0 radical (unpaired) electrons. The fraction of sp³-hybridized carbons (Fsp3) is 0.533. The summed E-state index contributed by atoms with van der Waals surface area (Å²) in [5.74, 6) is -0.444. The number of benzene rings is 1. The molecule has 1 aliphatic heterocycles. The molecule has 0 spiro atoms. The second-order valence-corrected chi connectivity index (χ2v) is 7.10. The number of carbonyl (C=O) groups excluding carboxylic acids is 1. The van der Waals surface area contributed by atoms with Crippen LogP contribution in [0.2, 0.25) is 0 Å². The van der Waals surface area contributed by atoms with Crippen molar-refractivity contribution < 1.29 is 17.9 Å². The number of sulfonamides is 1. The largest absolute Gasteiger partial charge is 0.462 e. The second-order valence-electron chi connectivity index (χ2n) is 5.21. The van der Waals surface area contributed by atoms with Crippen molar-refractivity contribution in [3.63, 3.8) is 0 Å². The van der Waals surface area contributed by atoms with Crippen molar-refractivity contribution >= 4 is 28.4 Å². The highest BCUT2D eigenvalue weighted by molar-refractivity contribution is 7.89. The normalized spacial score (nSPS) is 18.4. The van der Waals surface area contributed by atoms with E-state index in [9.17, 15) is 13.2 Å². The summed E-state index contributed by atoms with van der Waals surface area (Å²) in [5, 5.41) is 3.03. The molecule has 0 aromatic heterocycles. The van der Waals surface area contributed by atoms with Crippen LogP contribution in [0, 0.1) is 0 Å². The minimum Gasteiger partial charge on any atom is -0.462 e. The van der Waals surface area contributed by atoms with Gasteiger partial charge in [-0.15, -0.1) is 12.4 Å². The highest BCUT2D eigenvalue weighted by atomic mass is 35.5. The van der Waals surface area contributed by atoms with Crippen LogP contribution < -0.4 is 5.32 Å². The maximum absolute atomic E-state index is 12.7. The Kier molecular flexibility index (Phi) is 7.47. The molecule has 23 heavy (non-hydrogen) atoms. The average molecular weight is 363 g/mol. The first-order valence-corrected chi connectivity index (χ1v) is 8.88. The van der Waals surface area contributed by atoms with Crippen molar-refractivity contribution in [2.45, 2.75) is 30.7 Å². The third-order valence-electron chi connectivity index (χ3n) is 3.73.